The van der Waals surface area contributed by atoms with Gasteiger partial charge in [0.05, 0.1) is 96.4 Å². The first-order valence-electron chi connectivity index (χ1n) is 45.8. The molecule has 2 atom stereocenters. The lowest BCUT2D eigenvalue weighted by atomic mass is 9.78. The van der Waals surface area contributed by atoms with Gasteiger partial charge in [-0.05, 0) is 328 Å². The predicted octanol–water partition coefficient (Wildman–Crippen LogP) is 29.7. The zero-order valence-electron chi connectivity index (χ0n) is 82.6. The lowest BCUT2D eigenvalue weighted by molar-refractivity contribution is -0.164. The van der Waals surface area contributed by atoms with Crippen LogP contribution in [0, 0.1) is 13.8 Å². The van der Waals surface area contributed by atoms with Crippen molar-refractivity contribution in [1.29, 1.82) is 0 Å². The number of aromatic nitrogens is 17. The summed E-state index contributed by atoms with van der Waals surface area (Å²) in [5.74, 6) is -0.890. The van der Waals surface area contributed by atoms with Crippen LogP contribution in [0.15, 0.2) is 263 Å². The molecule has 25 nitrogen and oxygen atoms in total. The van der Waals surface area contributed by atoms with Gasteiger partial charge in [-0.25, -0.2) is 19.6 Å². The molecule has 0 saturated carbocycles. The number of thiazole rings is 2. The molecule has 0 radical (unpaired) electrons. The minimum Gasteiger partial charge on any atom is -0.467 e. The summed E-state index contributed by atoms with van der Waals surface area (Å²) in [4.78, 5) is 47.9. The number of carbonyl (C=O) groups excluding carboxylic acids is 2. The maximum Gasteiger partial charge on any atom is 0.494 e. The fraction of sp³-hybridized carbons (Fsp3) is 0.220. The Hall–Kier alpha value is -11.7. The molecular weight excluding hydrogens is 2200 g/mol. The average Bonchev–Trinajstić information content (AvgIpc) is 1.56. The third-order valence-corrected chi connectivity index (χ3v) is 29.5. The van der Waals surface area contributed by atoms with E-state index in [1.807, 2.05) is 272 Å². The van der Waals surface area contributed by atoms with Crippen LogP contribution in [-0.4, -0.2) is 140 Å². The van der Waals surface area contributed by atoms with Crippen LogP contribution in [0.1, 0.15) is 104 Å². The first-order chi connectivity index (χ1) is 69.5. The van der Waals surface area contributed by atoms with Crippen LogP contribution in [0.25, 0.3) is 152 Å². The van der Waals surface area contributed by atoms with Crippen molar-refractivity contribution in [2.45, 2.75) is 118 Å². The van der Waals surface area contributed by atoms with E-state index in [9.17, 15) is 9.59 Å². The molecule has 0 spiro atoms. The molecule has 1 aliphatic rings. The number of ether oxygens (including phenoxy) is 4. The predicted molar refractivity (Wildman–Crippen MR) is 603 cm³/mol. The maximum absolute atomic E-state index is 13.2. The molecule has 146 heavy (non-hydrogen) atoms. The van der Waals surface area contributed by atoms with Crippen molar-refractivity contribution in [3.63, 3.8) is 0 Å². The quantitative estimate of drug-likeness (QED) is 0.0801. The van der Waals surface area contributed by atoms with Crippen LogP contribution < -0.4 is 5.46 Å². The van der Waals surface area contributed by atoms with E-state index in [-0.39, 0.29) is 18.3 Å². The molecule has 2 N–H and O–H groups in total. The molecule has 37 heteroatoms. The van der Waals surface area contributed by atoms with Crippen molar-refractivity contribution in [2.75, 3.05) is 14.2 Å². The van der Waals surface area contributed by atoms with Crippen molar-refractivity contribution in [3.05, 3.63) is 315 Å². The highest BCUT2D eigenvalue weighted by Gasteiger charge is 2.52. The van der Waals surface area contributed by atoms with Crippen LogP contribution >= 0.6 is 140 Å². The zero-order chi connectivity index (χ0) is 104. The van der Waals surface area contributed by atoms with E-state index in [1.165, 1.54) is 25.6 Å². The second-order valence-corrected chi connectivity index (χ2v) is 44.6. The summed E-state index contributed by atoms with van der Waals surface area (Å²) in [6.07, 6.45) is 10.6. The highest BCUT2D eigenvalue weighted by Crippen LogP contribution is 2.49. The Morgan fingerprint density at radius 3 is 1.29 bits per heavy atom. The summed E-state index contributed by atoms with van der Waals surface area (Å²) >= 11 is 49.1. The monoisotopic (exact) mass is 2300 g/mol. The van der Waals surface area contributed by atoms with Crippen molar-refractivity contribution in [2.24, 2.45) is 28.2 Å². The van der Waals surface area contributed by atoms with Gasteiger partial charge in [-0.1, -0.05) is 106 Å². The van der Waals surface area contributed by atoms with Crippen molar-refractivity contribution in [3.8, 4) is 66.6 Å². The fourth-order valence-electron chi connectivity index (χ4n) is 16.6. The van der Waals surface area contributed by atoms with Gasteiger partial charge in [0, 0.05) is 172 Å². The number of aryl methyl sites for hydroxylation is 6. The van der Waals surface area contributed by atoms with Gasteiger partial charge in [-0.3, -0.25) is 43.9 Å². The number of hydrogen-bond donors (Lipinski definition) is 2. The summed E-state index contributed by atoms with van der Waals surface area (Å²) in [6.45, 7) is 23.8. The molecule has 21 aromatic rings. The number of rotatable bonds is 13. The Morgan fingerprint density at radius 1 is 0.425 bits per heavy atom. The Balaban J connectivity index is 0.000000129. The van der Waals surface area contributed by atoms with Crippen LogP contribution in [0.2, 0.25) is 30.1 Å². The van der Waals surface area contributed by atoms with E-state index in [0.717, 1.165) is 213 Å². The second-order valence-electron chi connectivity index (χ2n) is 37.2. The van der Waals surface area contributed by atoms with E-state index in [1.54, 1.807) is 54.7 Å². The molecule has 1 fully saturated rings. The lowest BCUT2D eigenvalue weighted by Crippen LogP contribution is -2.41. The summed E-state index contributed by atoms with van der Waals surface area (Å²) in [7, 11) is 10.1. The molecule has 0 bridgehead atoms. The average molecular weight is 2300 g/mol. The Bertz CT molecular complexity index is 8350. The fourth-order valence-corrected chi connectivity index (χ4v) is 21.2. The largest absolute Gasteiger partial charge is 0.494 e. The summed E-state index contributed by atoms with van der Waals surface area (Å²) in [5, 5.41) is 43.1. The number of methoxy groups -OCH3 is 2. The molecule has 746 valence electrons. The molecule has 12 heterocycles. The number of pyridine rings is 3. The number of carbonyl (C=O) groups is 2. The van der Waals surface area contributed by atoms with Crippen molar-refractivity contribution in [1.82, 2.24) is 84.4 Å². The molecule has 11 aromatic heterocycles. The normalized spacial score (nSPS) is 13.1. The second kappa shape index (κ2) is 45.1. The van der Waals surface area contributed by atoms with Gasteiger partial charge in [0.1, 0.15) is 31.3 Å². The van der Waals surface area contributed by atoms with E-state index in [4.69, 9.17) is 113 Å². The molecule has 1 aliphatic heterocycles. The van der Waals surface area contributed by atoms with Crippen LogP contribution in [-0.2, 0) is 66.0 Å². The van der Waals surface area contributed by atoms with Crippen LogP contribution in [0.3, 0.4) is 0 Å². The van der Waals surface area contributed by atoms with Gasteiger partial charge < -0.3 is 28.3 Å². The molecular formula is C109H99BBr3Cl6N17O8S2. The number of H-pyrrole nitrogens is 2. The molecule has 0 unspecified atom stereocenters. The standard InChI is InChI=1S/C34H31ClN4O3S.C21H21BrClNO3S.C19H22BN3O2.C13H10ClN3.C8H6BrClN2.C7H4BrClN2.C7H5ClN2/c1-19-17-25-31(28(20-7-10-23(35)11-8-20)27(19)30(33(40)41-6)42-34(2,3)4)43-32(37-25)22-9-12-26-24(18-22)29(38-39(26)5)21-13-15-36-16-14-21;1-11-10-14-18(28-20(22)24-14)16(12-6-8-13(23)9-7-12)15(11)17(19(25)26-5)27-21(2,3)4;1-18(2)19(3,4)25-20(24-18)14-6-7-16-15(12-14)17(22-23(16)5)13-8-10-21-11-9-13;1-17-12-3-2-10(14)8-11(12)13(16-17)9-4-6-15-7-5-9;1-12-7-3-2-5(10)4-6(7)8(9)11-12;8-7-5-3-4(9)1-2-6(5)10-11-7;8-6-1-2-7-5(3-6)4-9-10-7/h7-18,30H,1-6H3;6-10,17H,1-5H3;6-12H,1-5H3;2-8H,1H3;2-4H,1H3;1-3H,(H,10,11);1-4H,(H,9,10)/t30-;17-;;;;;/m00...../s1. The maximum atomic E-state index is 13.2. The number of fused-ring (bicyclic) bond motifs is 8. The third kappa shape index (κ3) is 24.3. The zero-order valence-corrected chi connectivity index (χ0v) is 93.5. The Morgan fingerprint density at radius 2 is 0.815 bits per heavy atom. The van der Waals surface area contributed by atoms with E-state index >= 15 is 0 Å². The summed E-state index contributed by atoms with van der Waals surface area (Å²) < 4.78 is 47.1. The number of aromatic amines is 2. The highest BCUT2D eigenvalue weighted by atomic mass is 79.9. The van der Waals surface area contributed by atoms with Gasteiger partial charge in [-0.15, -0.1) is 22.7 Å². The molecule has 0 aliphatic carbocycles. The van der Waals surface area contributed by atoms with Gasteiger partial charge in [-0.2, -0.15) is 30.6 Å². The summed E-state index contributed by atoms with van der Waals surface area (Å²) in [6, 6.07) is 66.2. The van der Waals surface area contributed by atoms with Gasteiger partial charge in [0.15, 0.2) is 16.1 Å². The smallest absolute Gasteiger partial charge is 0.467 e. The Labute approximate surface area is 906 Å². The minimum atomic E-state index is -0.930. The van der Waals surface area contributed by atoms with Gasteiger partial charge in [0.25, 0.3) is 0 Å². The van der Waals surface area contributed by atoms with E-state index < -0.39 is 35.3 Å². The first kappa shape index (κ1) is 107. The Kier molecular flexibility index (Phi) is 33.1. The number of halogens is 9. The third-order valence-electron chi connectivity index (χ3n) is 24.2. The number of esters is 2. The van der Waals surface area contributed by atoms with E-state index in [2.05, 4.69) is 162 Å². The first-order valence-corrected chi connectivity index (χ1v) is 52.1. The van der Waals surface area contributed by atoms with Crippen LogP contribution in [0.4, 0.5) is 0 Å². The topological polar surface area (TPSA) is 283 Å². The van der Waals surface area contributed by atoms with Gasteiger partial charge >= 0.3 is 19.1 Å². The molecule has 1 saturated heterocycles. The van der Waals surface area contributed by atoms with E-state index in [0.29, 0.717) is 10.0 Å². The molecule has 10 aromatic carbocycles. The van der Waals surface area contributed by atoms with Crippen molar-refractivity contribution < 1.29 is 37.8 Å². The number of nitrogens with one attached hydrogen (secondary N) is 2. The number of hydrogen-bond acceptors (Lipinski definition) is 21. The number of benzene rings is 10. The molecule has 0 amide bonds. The van der Waals surface area contributed by atoms with Gasteiger partial charge in [0.2, 0.25) is 0 Å². The minimum absolute atomic E-state index is 0.352. The highest BCUT2D eigenvalue weighted by molar-refractivity contribution is 9.11. The van der Waals surface area contributed by atoms with Crippen molar-refractivity contribution >= 4 is 250 Å². The summed E-state index contributed by atoms with van der Waals surface area (Å²) in [5.41, 5.74) is 20.9. The van der Waals surface area contributed by atoms with Crippen LogP contribution in [0.5, 0.6) is 0 Å². The number of nitrogens with zero attached hydrogens (tertiary/aromatic N) is 15. The SMILES string of the molecule is COC(=O)[C@@H](OC(C)(C)C)c1c(C)cc2nc(-c3ccc4c(c3)c(-c3ccncc3)nn4C)sc2c1-c1ccc(Cl)cc1.COC(=O)[C@@H](OC(C)(C)C)c1c(C)cc2nc(Br)sc2c1-c1ccc(Cl)cc1.Clc1ccc2[nH]ncc2c1.Clc1ccc2n[nH]c(Br)c2c1.Cn1nc(-c2ccncc2)c2cc(B3OC(C)(C)C(C)(C)O3)ccc21.Cn1nc(-c2ccncc2)c2cc(Cl)ccc21.Cn1nc(Br)c2cc(Cl)ccc21. The lowest BCUT2D eigenvalue weighted by Gasteiger charge is -2.32. The molecule has 22 rings (SSSR count).